The van der Waals surface area contributed by atoms with Crippen molar-refractivity contribution in [1.82, 2.24) is 19.2 Å². The van der Waals surface area contributed by atoms with E-state index in [1.807, 2.05) is 91.4 Å². The number of benzene rings is 4. The van der Waals surface area contributed by atoms with Crippen LogP contribution in [0.1, 0.15) is 77.0 Å². The summed E-state index contributed by atoms with van der Waals surface area (Å²) in [7, 11) is 0.432. The van der Waals surface area contributed by atoms with Crippen molar-refractivity contribution in [2.75, 3.05) is 90.4 Å². The Hall–Kier alpha value is -3.42. The van der Waals surface area contributed by atoms with E-state index in [4.69, 9.17) is 0 Å². The van der Waals surface area contributed by atoms with Gasteiger partial charge in [-0.3, -0.25) is 4.90 Å². The topological polar surface area (TPSA) is 186 Å². The molecule has 1 aliphatic rings. The fraction of sp³-hybridized carbons (Fsp3) is 0.583. The first-order valence-electron chi connectivity index (χ1n) is 23.1. The van der Waals surface area contributed by atoms with Crippen LogP contribution in [0.2, 0.25) is 0 Å². The predicted octanol–water partition coefficient (Wildman–Crippen LogP) is 5.12. The second kappa shape index (κ2) is 24.9. The van der Waals surface area contributed by atoms with E-state index in [1.54, 1.807) is 24.3 Å². The van der Waals surface area contributed by atoms with Crippen molar-refractivity contribution in [3.05, 3.63) is 72.8 Å². The third kappa shape index (κ3) is 14.0. The average Bonchev–Trinajstić information content (AvgIpc) is 3.27. The SMILES string of the molecule is CN(C)c1cccc2c(S(=O)(=O)NCCCCCCN(CCCCCCNS(=O)(=O)c3cccc4c(N(C)C)cccc34)CCCCCCN3C[C@H](O)[C@@H](O)[C@@H](O)[C@H]3CO)cccc12. The van der Waals surface area contributed by atoms with E-state index >= 15 is 0 Å². The molecule has 1 saturated heterocycles. The lowest BCUT2D eigenvalue weighted by molar-refractivity contribution is -0.145. The van der Waals surface area contributed by atoms with Gasteiger partial charge in [0, 0.05) is 80.7 Å². The second-order valence-corrected chi connectivity index (χ2v) is 21.2. The maximum absolute atomic E-state index is 13.4. The molecule has 5 rings (SSSR count). The summed E-state index contributed by atoms with van der Waals surface area (Å²) in [5, 5.41) is 43.5. The zero-order chi connectivity index (χ0) is 46.3. The molecule has 1 aliphatic heterocycles. The number of anilines is 2. The van der Waals surface area contributed by atoms with Crippen LogP contribution in [0.15, 0.2) is 82.6 Å². The second-order valence-electron chi connectivity index (χ2n) is 17.7. The summed E-state index contributed by atoms with van der Waals surface area (Å²) in [6, 6.07) is 21.7. The lowest BCUT2D eigenvalue weighted by Gasteiger charge is -2.43. The highest BCUT2D eigenvalue weighted by Gasteiger charge is 2.40. The molecule has 0 radical (unpaired) electrons. The fourth-order valence-electron chi connectivity index (χ4n) is 8.95. The quantitative estimate of drug-likeness (QED) is 0.0414. The van der Waals surface area contributed by atoms with Gasteiger partial charge in [0.1, 0.15) is 12.2 Å². The number of unbranched alkanes of at least 4 members (excludes halogenated alkanes) is 9. The van der Waals surface area contributed by atoms with Gasteiger partial charge in [-0.1, -0.05) is 87.1 Å². The highest BCUT2D eigenvalue weighted by atomic mass is 32.2. The average molecular weight is 927 g/mol. The van der Waals surface area contributed by atoms with Gasteiger partial charge in [-0.2, -0.15) is 0 Å². The van der Waals surface area contributed by atoms with Crippen molar-refractivity contribution in [1.29, 1.82) is 0 Å². The van der Waals surface area contributed by atoms with Crippen molar-refractivity contribution < 1.29 is 37.3 Å². The Kier molecular flexibility index (Phi) is 20.1. The summed E-state index contributed by atoms with van der Waals surface area (Å²) in [4.78, 5) is 8.94. The molecule has 4 aromatic rings. The number of sulfonamides is 2. The van der Waals surface area contributed by atoms with E-state index in [1.165, 1.54) is 0 Å². The van der Waals surface area contributed by atoms with Gasteiger partial charge in [0.2, 0.25) is 20.0 Å². The van der Waals surface area contributed by atoms with E-state index in [0.29, 0.717) is 40.2 Å². The van der Waals surface area contributed by atoms with Crippen LogP contribution in [0.4, 0.5) is 11.4 Å². The zero-order valence-electron chi connectivity index (χ0n) is 38.4. The molecule has 6 N–H and O–H groups in total. The Morgan fingerprint density at radius 2 is 0.953 bits per heavy atom. The van der Waals surface area contributed by atoms with Gasteiger partial charge >= 0.3 is 0 Å². The number of hydrogen-bond donors (Lipinski definition) is 6. The first-order chi connectivity index (χ1) is 30.7. The van der Waals surface area contributed by atoms with Crippen LogP contribution in [-0.2, 0) is 20.0 Å². The summed E-state index contributed by atoms with van der Waals surface area (Å²) in [5.41, 5.74) is 1.94. The van der Waals surface area contributed by atoms with E-state index in [0.717, 1.165) is 119 Å². The van der Waals surface area contributed by atoms with Crippen LogP contribution in [0.3, 0.4) is 0 Å². The number of rotatable bonds is 28. The van der Waals surface area contributed by atoms with E-state index in [2.05, 4.69) is 14.3 Å². The normalized spacial score (nSPS) is 18.6. The van der Waals surface area contributed by atoms with Gasteiger partial charge in [-0.15, -0.1) is 0 Å². The van der Waals surface area contributed by atoms with E-state index in [9.17, 15) is 37.3 Å². The summed E-state index contributed by atoms with van der Waals surface area (Å²) in [6.07, 6.45) is 7.67. The lowest BCUT2D eigenvalue weighted by atomic mass is 9.94. The first kappa shape index (κ1) is 51.6. The molecule has 64 heavy (non-hydrogen) atoms. The van der Waals surface area contributed by atoms with Crippen molar-refractivity contribution in [3.63, 3.8) is 0 Å². The minimum atomic E-state index is -3.68. The Bertz CT molecular complexity index is 2140. The largest absolute Gasteiger partial charge is 0.395 e. The van der Waals surface area contributed by atoms with E-state index in [-0.39, 0.29) is 13.2 Å². The Morgan fingerprint density at radius 3 is 1.39 bits per heavy atom. The number of β-amino-alcohol motifs (C(OH)–C–C–N with tert-alkyl or cyclic N) is 1. The third-order valence-corrected chi connectivity index (χ3v) is 15.6. The number of nitrogens with zero attached hydrogens (tertiary/aromatic N) is 4. The van der Waals surface area contributed by atoms with Crippen LogP contribution < -0.4 is 19.2 Å². The van der Waals surface area contributed by atoms with Crippen molar-refractivity contribution in [2.45, 2.75) is 111 Å². The van der Waals surface area contributed by atoms with Crippen LogP contribution in [0, 0.1) is 0 Å². The molecule has 0 unspecified atom stereocenters. The van der Waals surface area contributed by atoms with Crippen LogP contribution in [0.25, 0.3) is 21.5 Å². The Balaban J connectivity index is 1.05. The van der Waals surface area contributed by atoms with Crippen LogP contribution in [0.5, 0.6) is 0 Å². The van der Waals surface area contributed by atoms with Crippen LogP contribution >= 0.6 is 0 Å². The summed E-state index contributed by atoms with van der Waals surface area (Å²) < 4.78 is 59.1. The summed E-state index contributed by atoms with van der Waals surface area (Å²) in [6.45, 7) is 4.16. The Morgan fingerprint density at radius 1 is 0.547 bits per heavy atom. The molecule has 356 valence electrons. The monoisotopic (exact) mass is 927 g/mol. The molecule has 0 bridgehead atoms. The molecular weight excluding hydrogens is 853 g/mol. The minimum absolute atomic E-state index is 0.221. The molecule has 1 fully saturated rings. The number of aliphatic hydroxyl groups excluding tert-OH is 4. The lowest BCUT2D eigenvalue weighted by Crippen LogP contribution is -2.62. The summed E-state index contributed by atoms with van der Waals surface area (Å²) >= 11 is 0. The molecule has 4 atom stereocenters. The smallest absolute Gasteiger partial charge is 0.241 e. The van der Waals surface area contributed by atoms with Crippen molar-refractivity contribution >= 4 is 53.0 Å². The van der Waals surface area contributed by atoms with Crippen molar-refractivity contribution in [2.24, 2.45) is 0 Å². The maximum atomic E-state index is 13.4. The molecule has 14 nitrogen and oxygen atoms in total. The Labute approximate surface area is 382 Å². The molecule has 0 saturated carbocycles. The number of aliphatic hydroxyl groups is 4. The number of fused-ring (bicyclic) bond motifs is 2. The first-order valence-corrected chi connectivity index (χ1v) is 26.1. The van der Waals surface area contributed by atoms with Crippen LogP contribution in [-0.4, -0.2) is 152 Å². The fourth-order valence-corrected chi connectivity index (χ4v) is 11.5. The number of hydrogen-bond acceptors (Lipinski definition) is 12. The molecule has 4 aromatic carbocycles. The molecule has 1 heterocycles. The standard InChI is InChI=1S/C48H74N6O8S2/c1-51(2)41-25-17-23-39-37(41)21-19-27-45(39)63(59,60)49-29-11-5-7-13-31-53(33-15-9-10-16-34-54-35-44(56)48(58)47(57)43(54)36-55)32-14-8-6-12-30-50-64(61,62)46-28-20-22-38-40(46)24-18-26-42(38)52(3)4/h17-28,43-44,47-50,55-58H,5-16,29-36H2,1-4H3/t43-,44+,47+,48-/m1/s1. The maximum Gasteiger partial charge on any atom is 0.241 e. The zero-order valence-corrected chi connectivity index (χ0v) is 40.0. The van der Waals surface area contributed by atoms with Gasteiger partial charge in [0.15, 0.2) is 0 Å². The molecule has 0 amide bonds. The van der Waals surface area contributed by atoms with Gasteiger partial charge in [0.25, 0.3) is 0 Å². The highest BCUT2D eigenvalue weighted by molar-refractivity contribution is 7.90. The third-order valence-electron chi connectivity index (χ3n) is 12.5. The van der Waals surface area contributed by atoms with Gasteiger partial charge in [0.05, 0.1) is 28.5 Å². The van der Waals surface area contributed by atoms with Gasteiger partial charge in [-0.25, -0.2) is 26.3 Å². The van der Waals surface area contributed by atoms with Gasteiger partial charge in [-0.05, 0) is 89.0 Å². The molecule has 16 heteroatoms. The molecule has 0 aliphatic carbocycles. The molecule has 0 spiro atoms. The van der Waals surface area contributed by atoms with E-state index < -0.39 is 44.4 Å². The van der Waals surface area contributed by atoms with Crippen molar-refractivity contribution in [3.8, 4) is 0 Å². The number of likely N-dealkylation sites (tertiary alicyclic amines) is 1. The van der Waals surface area contributed by atoms with Gasteiger partial charge < -0.3 is 35.1 Å². The molecule has 0 aromatic heterocycles. The molecular formula is C48H74N6O8S2. The minimum Gasteiger partial charge on any atom is -0.395 e. The summed E-state index contributed by atoms with van der Waals surface area (Å²) in [5.74, 6) is 0. The number of piperidine rings is 1. The highest BCUT2D eigenvalue weighted by Crippen LogP contribution is 2.31. The number of nitrogens with one attached hydrogen (secondary N) is 2. The predicted molar refractivity (Wildman–Crippen MR) is 259 cm³/mol.